The molecule has 2 amide bonds. The fourth-order valence-electron chi connectivity index (χ4n) is 4.54. The normalized spacial score (nSPS) is 10.7. The zero-order chi connectivity index (χ0) is 28.3. The van der Waals surface area contributed by atoms with Crippen LogP contribution in [0.1, 0.15) is 16.7 Å². The third-order valence-electron chi connectivity index (χ3n) is 6.75. The van der Waals surface area contributed by atoms with E-state index in [-0.39, 0.29) is 6.03 Å². The van der Waals surface area contributed by atoms with Crippen LogP contribution in [0.2, 0.25) is 0 Å². The Bertz CT molecular complexity index is 1370. The van der Waals surface area contributed by atoms with Crippen LogP contribution in [0.15, 0.2) is 91.0 Å². The summed E-state index contributed by atoms with van der Waals surface area (Å²) >= 11 is 0. The van der Waals surface area contributed by atoms with Crippen LogP contribution >= 0.6 is 0 Å². The van der Waals surface area contributed by atoms with Gasteiger partial charge in [0.2, 0.25) is 0 Å². The van der Waals surface area contributed by atoms with Crippen molar-refractivity contribution in [3.8, 4) is 28.4 Å². The molecule has 0 saturated carbocycles. The van der Waals surface area contributed by atoms with Gasteiger partial charge in [0.25, 0.3) is 0 Å². The van der Waals surface area contributed by atoms with Gasteiger partial charge in [-0.2, -0.15) is 0 Å². The first kappa shape index (κ1) is 28.5. The number of carbonyl (C=O) groups excluding carboxylic acids is 1. The summed E-state index contributed by atoms with van der Waals surface area (Å²) in [6.07, 6.45) is 0. The van der Waals surface area contributed by atoms with E-state index in [2.05, 4.69) is 64.9 Å². The van der Waals surface area contributed by atoms with Crippen LogP contribution in [0, 0.1) is 6.92 Å². The Labute approximate surface area is 236 Å². The van der Waals surface area contributed by atoms with E-state index in [1.54, 1.807) is 14.2 Å². The highest BCUT2D eigenvalue weighted by molar-refractivity contribution is 5.89. The van der Waals surface area contributed by atoms with Crippen molar-refractivity contribution < 1.29 is 19.0 Å². The molecule has 4 aromatic rings. The summed E-state index contributed by atoms with van der Waals surface area (Å²) in [5, 5.41) is 5.72. The number of methoxy groups -OCH3 is 2. The quantitative estimate of drug-likeness (QED) is 0.215. The highest BCUT2D eigenvalue weighted by atomic mass is 16.5. The maximum Gasteiger partial charge on any atom is 0.319 e. The van der Waals surface area contributed by atoms with E-state index in [9.17, 15) is 4.79 Å². The molecule has 0 bridgehead atoms. The molecule has 0 aromatic heterocycles. The van der Waals surface area contributed by atoms with E-state index in [0.717, 1.165) is 16.8 Å². The summed E-state index contributed by atoms with van der Waals surface area (Å²) in [4.78, 5) is 14.3. The van der Waals surface area contributed by atoms with Crippen LogP contribution in [-0.4, -0.2) is 45.3 Å². The van der Waals surface area contributed by atoms with Crippen molar-refractivity contribution >= 4 is 11.7 Å². The van der Waals surface area contributed by atoms with E-state index in [0.29, 0.717) is 43.5 Å². The van der Waals surface area contributed by atoms with Gasteiger partial charge < -0.3 is 29.7 Å². The first-order chi connectivity index (χ1) is 19.5. The fraction of sp³-hybridized carbons (Fsp3) is 0.242. The van der Waals surface area contributed by atoms with Crippen LogP contribution in [0.3, 0.4) is 0 Å². The Hall–Kier alpha value is -4.49. The number of carbonyl (C=O) groups is 1. The van der Waals surface area contributed by atoms with Crippen molar-refractivity contribution in [1.29, 1.82) is 0 Å². The first-order valence-corrected chi connectivity index (χ1v) is 13.3. The molecule has 0 aliphatic heterocycles. The third kappa shape index (κ3) is 7.55. The van der Waals surface area contributed by atoms with E-state index >= 15 is 0 Å². The second-order valence-electron chi connectivity index (χ2n) is 9.54. The summed E-state index contributed by atoms with van der Waals surface area (Å²) in [7, 11) is 5.28. The predicted molar refractivity (Wildman–Crippen MR) is 160 cm³/mol. The van der Waals surface area contributed by atoms with Gasteiger partial charge in [0.15, 0.2) is 0 Å². The number of hydrogen-bond donors (Lipinski definition) is 2. The molecule has 208 valence electrons. The molecule has 7 nitrogen and oxygen atoms in total. The zero-order valence-corrected chi connectivity index (χ0v) is 23.6. The SMILES string of the molecule is COc1cc(OCc2cccc(-c3ccccc3)c2C)cc(OC)c1CN(C)CCNC(=O)Nc1ccccc1. The minimum atomic E-state index is -0.235. The molecule has 7 heteroatoms. The van der Waals surface area contributed by atoms with Crippen molar-refractivity contribution in [2.75, 3.05) is 39.7 Å². The molecule has 0 saturated heterocycles. The number of likely N-dealkylation sites (N-methyl/N-ethyl adjacent to an activating group) is 1. The summed E-state index contributed by atoms with van der Waals surface area (Å²) < 4.78 is 17.7. The number of nitrogens with zero attached hydrogens (tertiary/aromatic N) is 1. The largest absolute Gasteiger partial charge is 0.496 e. The van der Waals surface area contributed by atoms with Gasteiger partial charge in [-0.1, -0.05) is 66.7 Å². The van der Waals surface area contributed by atoms with Gasteiger partial charge in [0, 0.05) is 37.5 Å². The number of benzene rings is 4. The van der Waals surface area contributed by atoms with Crippen LogP contribution in [0.4, 0.5) is 10.5 Å². The Morgan fingerprint density at radius 3 is 2.15 bits per heavy atom. The minimum absolute atomic E-state index is 0.235. The third-order valence-corrected chi connectivity index (χ3v) is 6.75. The van der Waals surface area contributed by atoms with Gasteiger partial charge in [-0.05, 0) is 48.4 Å². The Morgan fingerprint density at radius 2 is 1.50 bits per heavy atom. The van der Waals surface area contributed by atoms with Crippen molar-refractivity contribution in [1.82, 2.24) is 10.2 Å². The van der Waals surface area contributed by atoms with Crippen LogP contribution in [0.5, 0.6) is 17.2 Å². The summed E-state index contributed by atoms with van der Waals surface area (Å²) in [5.41, 5.74) is 6.36. The van der Waals surface area contributed by atoms with Crippen molar-refractivity contribution in [3.05, 3.63) is 108 Å². The molecule has 0 unspecified atom stereocenters. The Morgan fingerprint density at radius 1 is 0.850 bits per heavy atom. The van der Waals surface area contributed by atoms with Crippen LogP contribution < -0.4 is 24.8 Å². The summed E-state index contributed by atoms with van der Waals surface area (Å²) in [6, 6.07) is 29.6. The van der Waals surface area contributed by atoms with Gasteiger partial charge in [-0.15, -0.1) is 0 Å². The topological polar surface area (TPSA) is 72.1 Å². The minimum Gasteiger partial charge on any atom is -0.496 e. The number of ether oxygens (including phenoxy) is 3. The number of rotatable bonds is 12. The number of nitrogens with one attached hydrogen (secondary N) is 2. The molecule has 40 heavy (non-hydrogen) atoms. The van der Waals surface area contributed by atoms with Crippen LogP contribution in [0.25, 0.3) is 11.1 Å². The number of para-hydroxylation sites is 1. The number of anilines is 1. The lowest BCUT2D eigenvalue weighted by atomic mass is 9.97. The summed E-state index contributed by atoms with van der Waals surface area (Å²) in [6.45, 7) is 4.26. The van der Waals surface area contributed by atoms with Gasteiger partial charge in [-0.3, -0.25) is 0 Å². The molecule has 0 aliphatic carbocycles. The molecule has 4 aromatic carbocycles. The van der Waals surface area contributed by atoms with Gasteiger partial charge in [0.05, 0.1) is 19.8 Å². The zero-order valence-electron chi connectivity index (χ0n) is 23.6. The molecule has 0 radical (unpaired) electrons. The molecular formula is C33H37N3O4. The molecular weight excluding hydrogens is 502 g/mol. The lowest BCUT2D eigenvalue weighted by Crippen LogP contribution is -2.35. The Balaban J connectivity index is 1.37. The number of urea groups is 1. The van der Waals surface area contributed by atoms with Crippen molar-refractivity contribution in [3.63, 3.8) is 0 Å². The maximum absolute atomic E-state index is 12.2. The number of amides is 2. The lowest BCUT2D eigenvalue weighted by Gasteiger charge is -2.21. The first-order valence-electron chi connectivity index (χ1n) is 13.3. The molecule has 0 atom stereocenters. The smallest absolute Gasteiger partial charge is 0.319 e. The molecule has 0 heterocycles. The van der Waals surface area contributed by atoms with Crippen LogP contribution in [-0.2, 0) is 13.2 Å². The molecule has 4 rings (SSSR count). The van der Waals surface area contributed by atoms with Crippen molar-refractivity contribution in [2.24, 2.45) is 0 Å². The van der Waals surface area contributed by atoms with E-state index < -0.39 is 0 Å². The van der Waals surface area contributed by atoms with E-state index in [1.165, 1.54) is 16.7 Å². The monoisotopic (exact) mass is 539 g/mol. The van der Waals surface area contributed by atoms with Gasteiger partial charge in [0.1, 0.15) is 23.9 Å². The molecule has 0 aliphatic rings. The lowest BCUT2D eigenvalue weighted by molar-refractivity contribution is 0.248. The average molecular weight is 540 g/mol. The summed E-state index contributed by atoms with van der Waals surface area (Å²) in [5.74, 6) is 2.04. The van der Waals surface area contributed by atoms with Gasteiger partial charge in [-0.25, -0.2) is 4.79 Å². The number of hydrogen-bond acceptors (Lipinski definition) is 5. The molecule has 2 N–H and O–H groups in total. The maximum atomic E-state index is 12.2. The second-order valence-corrected chi connectivity index (χ2v) is 9.54. The van der Waals surface area contributed by atoms with Gasteiger partial charge >= 0.3 is 6.03 Å². The van der Waals surface area contributed by atoms with E-state index in [4.69, 9.17) is 14.2 Å². The van der Waals surface area contributed by atoms with Crippen molar-refractivity contribution in [2.45, 2.75) is 20.1 Å². The highest BCUT2D eigenvalue weighted by Gasteiger charge is 2.16. The molecule has 0 fully saturated rings. The standard InChI is InChI=1S/C33H37N3O4/c1-24-26(14-11-17-29(24)25-12-7-5-8-13-25)23-40-28-20-31(38-3)30(32(21-28)39-4)22-36(2)19-18-34-33(37)35-27-15-9-6-10-16-27/h5-17,20-21H,18-19,22-23H2,1-4H3,(H2,34,35,37). The molecule has 0 spiro atoms. The second kappa shape index (κ2) is 14.1. The average Bonchev–Trinajstić information content (AvgIpc) is 2.98. The fourth-order valence-corrected chi connectivity index (χ4v) is 4.54. The van der Waals surface area contributed by atoms with E-state index in [1.807, 2.05) is 55.6 Å². The Kier molecular flexibility index (Phi) is 10.0. The predicted octanol–water partition coefficient (Wildman–Crippen LogP) is 6.51. The highest BCUT2D eigenvalue weighted by Crippen LogP contribution is 2.35.